The van der Waals surface area contributed by atoms with Crippen LogP contribution in [-0.4, -0.2) is 4.98 Å². The molecule has 0 saturated carbocycles. The molecule has 0 fully saturated rings. The van der Waals surface area contributed by atoms with E-state index in [1.165, 1.54) is 18.2 Å². The van der Waals surface area contributed by atoms with Crippen LogP contribution in [0, 0.1) is 0 Å². The van der Waals surface area contributed by atoms with E-state index in [0.717, 1.165) is 18.5 Å². The van der Waals surface area contributed by atoms with Crippen LogP contribution in [0.5, 0.6) is 0 Å². The van der Waals surface area contributed by atoms with Crippen LogP contribution in [-0.2, 0) is 6.18 Å². The van der Waals surface area contributed by atoms with E-state index < -0.39 is 17.8 Å². The molecule has 0 radical (unpaired) electrons. The molecule has 3 nitrogen and oxygen atoms in total. The summed E-state index contributed by atoms with van der Waals surface area (Å²) in [5.74, 6) is 5.42. The minimum Gasteiger partial charge on any atom is -0.271 e. The van der Waals surface area contributed by atoms with Crippen molar-refractivity contribution < 1.29 is 13.2 Å². The number of hydrogen-bond acceptors (Lipinski definition) is 3. The molecule has 0 saturated heterocycles. The van der Waals surface area contributed by atoms with Crippen molar-refractivity contribution in [3.05, 3.63) is 63.4 Å². The van der Waals surface area contributed by atoms with Gasteiger partial charge in [-0.15, -0.1) is 0 Å². The van der Waals surface area contributed by atoms with E-state index in [2.05, 4.69) is 10.4 Å². The maximum Gasteiger partial charge on any atom is 0.416 e. The molecule has 0 spiro atoms. The molecule has 0 bridgehead atoms. The number of nitrogens with one attached hydrogen (secondary N) is 1. The van der Waals surface area contributed by atoms with Gasteiger partial charge in [-0.25, -0.2) is 5.43 Å². The number of rotatable bonds is 3. The molecular formula is C13H10Cl2F3N3. The normalized spacial score (nSPS) is 13.2. The topological polar surface area (TPSA) is 50.9 Å². The Bertz CT molecular complexity index is 627. The average Bonchev–Trinajstić information content (AvgIpc) is 2.38. The molecule has 1 aromatic heterocycles. The zero-order valence-electron chi connectivity index (χ0n) is 10.5. The zero-order chi connectivity index (χ0) is 15.6. The summed E-state index contributed by atoms with van der Waals surface area (Å²) >= 11 is 11.8. The van der Waals surface area contributed by atoms with Gasteiger partial charge in [-0.05, 0) is 29.8 Å². The van der Waals surface area contributed by atoms with E-state index in [4.69, 9.17) is 29.0 Å². The molecule has 8 heteroatoms. The van der Waals surface area contributed by atoms with Crippen LogP contribution in [0.4, 0.5) is 13.2 Å². The molecule has 2 aromatic rings. The third-order valence-electron chi connectivity index (χ3n) is 2.85. The lowest BCUT2D eigenvalue weighted by atomic mass is 9.96. The number of halogens is 5. The summed E-state index contributed by atoms with van der Waals surface area (Å²) in [5.41, 5.74) is 1.83. The summed E-state index contributed by atoms with van der Waals surface area (Å²) in [7, 11) is 0. The first kappa shape index (κ1) is 16.0. The van der Waals surface area contributed by atoms with Crippen molar-refractivity contribution >= 4 is 23.2 Å². The van der Waals surface area contributed by atoms with E-state index in [1.807, 2.05) is 0 Å². The molecule has 1 aromatic carbocycles. The van der Waals surface area contributed by atoms with Gasteiger partial charge in [-0.1, -0.05) is 23.2 Å². The molecule has 3 N–H and O–H groups in total. The van der Waals surface area contributed by atoms with Crippen molar-refractivity contribution in [2.24, 2.45) is 5.84 Å². The van der Waals surface area contributed by atoms with E-state index in [9.17, 15) is 13.2 Å². The van der Waals surface area contributed by atoms with E-state index in [-0.39, 0.29) is 5.56 Å². The van der Waals surface area contributed by atoms with Crippen molar-refractivity contribution in [2.45, 2.75) is 12.2 Å². The van der Waals surface area contributed by atoms with Crippen LogP contribution >= 0.6 is 23.2 Å². The molecular weight excluding hydrogens is 326 g/mol. The second-order valence-corrected chi connectivity index (χ2v) is 5.14. The zero-order valence-corrected chi connectivity index (χ0v) is 12.0. The Kier molecular flexibility index (Phi) is 4.73. The quantitative estimate of drug-likeness (QED) is 0.659. The Balaban J connectivity index is 2.57. The van der Waals surface area contributed by atoms with Crippen LogP contribution in [0.25, 0.3) is 0 Å². The first-order valence-electron chi connectivity index (χ1n) is 5.76. The summed E-state index contributed by atoms with van der Waals surface area (Å²) in [6.45, 7) is 0. The van der Waals surface area contributed by atoms with Crippen LogP contribution in [0.3, 0.4) is 0 Å². The first-order chi connectivity index (χ1) is 9.82. The number of nitrogens with two attached hydrogens (primary N) is 1. The maximum atomic E-state index is 13.1. The van der Waals surface area contributed by atoms with Crippen molar-refractivity contribution in [2.75, 3.05) is 0 Å². The largest absolute Gasteiger partial charge is 0.416 e. The van der Waals surface area contributed by atoms with Gasteiger partial charge in [0.1, 0.15) is 0 Å². The van der Waals surface area contributed by atoms with Gasteiger partial charge in [0.05, 0.1) is 11.6 Å². The van der Waals surface area contributed by atoms with Crippen molar-refractivity contribution in [3.63, 3.8) is 0 Å². The second kappa shape index (κ2) is 6.19. The highest BCUT2D eigenvalue weighted by molar-refractivity contribution is 6.34. The third-order valence-corrected chi connectivity index (χ3v) is 3.29. The number of pyridine rings is 1. The lowest BCUT2D eigenvalue weighted by Crippen LogP contribution is -2.30. The molecule has 21 heavy (non-hydrogen) atoms. The predicted molar refractivity (Wildman–Crippen MR) is 74.9 cm³/mol. The molecule has 1 atom stereocenters. The minimum atomic E-state index is -4.52. The highest BCUT2D eigenvalue weighted by Gasteiger charge is 2.35. The Morgan fingerprint density at radius 3 is 2.29 bits per heavy atom. The van der Waals surface area contributed by atoms with Crippen LogP contribution in [0.15, 0.2) is 36.7 Å². The molecule has 1 unspecified atom stereocenters. The fraction of sp³-hybridized carbons (Fsp3) is 0.154. The highest BCUT2D eigenvalue weighted by Crippen LogP contribution is 2.36. The molecule has 0 aliphatic rings. The van der Waals surface area contributed by atoms with Gasteiger partial charge in [-0.2, -0.15) is 13.2 Å². The minimum absolute atomic E-state index is 0.106. The van der Waals surface area contributed by atoms with Gasteiger partial charge in [0, 0.05) is 28.0 Å². The Morgan fingerprint density at radius 2 is 1.76 bits per heavy atom. The van der Waals surface area contributed by atoms with Gasteiger partial charge in [-0.3, -0.25) is 10.8 Å². The van der Waals surface area contributed by atoms with Crippen LogP contribution < -0.4 is 11.3 Å². The number of nitrogens with zero attached hydrogens (tertiary/aromatic N) is 1. The fourth-order valence-corrected chi connectivity index (χ4v) is 2.55. The molecule has 2 rings (SSSR count). The highest BCUT2D eigenvalue weighted by atomic mass is 35.5. The number of aromatic nitrogens is 1. The number of alkyl halides is 3. The molecule has 0 aliphatic heterocycles. The van der Waals surface area contributed by atoms with Gasteiger partial charge in [0.25, 0.3) is 0 Å². The number of hydrogen-bond donors (Lipinski definition) is 2. The predicted octanol–water partition coefficient (Wildman–Crippen LogP) is 3.96. The lowest BCUT2D eigenvalue weighted by molar-refractivity contribution is -0.138. The standard InChI is InChI=1S/C13H10Cl2F3N3/c14-8-3-7(4-9(15)5-8)12(21-19)10-6-20-2-1-11(10)13(16,17)18/h1-6,12,21H,19H2. The summed E-state index contributed by atoms with van der Waals surface area (Å²) in [6.07, 6.45) is -2.33. The number of hydrazine groups is 1. The maximum absolute atomic E-state index is 13.1. The van der Waals surface area contributed by atoms with Crippen molar-refractivity contribution in [1.29, 1.82) is 0 Å². The molecule has 112 valence electrons. The number of benzene rings is 1. The van der Waals surface area contributed by atoms with E-state index in [0.29, 0.717) is 15.6 Å². The molecule has 0 amide bonds. The first-order valence-corrected chi connectivity index (χ1v) is 6.51. The van der Waals surface area contributed by atoms with Gasteiger partial charge in [0.2, 0.25) is 0 Å². The Morgan fingerprint density at radius 1 is 1.14 bits per heavy atom. The van der Waals surface area contributed by atoms with Crippen molar-refractivity contribution in [1.82, 2.24) is 10.4 Å². The van der Waals surface area contributed by atoms with E-state index >= 15 is 0 Å². The fourth-order valence-electron chi connectivity index (χ4n) is 2.00. The summed E-state index contributed by atoms with van der Waals surface area (Å²) in [6, 6.07) is 4.42. The molecule has 0 aliphatic carbocycles. The van der Waals surface area contributed by atoms with Gasteiger partial charge in [0.15, 0.2) is 0 Å². The van der Waals surface area contributed by atoms with Crippen LogP contribution in [0.2, 0.25) is 10.0 Å². The average molecular weight is 336 g/mol. The smallest absolute Gasteiger partial charge is 0.271 e. The molecule has 1 heterocycles. The van der Waals surface area contributed by atoms with Gasteiger partial charge >= 0.3 is 6.18 Å². The van der Waals surface area contributed by atoms with Crippen molar-refractivity contribution in [3.8, 4) is 0 Å². The summed E-state index contributed by atoms with van der Waals surface area (Å²) in [5, 5.41) is 0.602. The van der Waals surface area contributed by atoms with Crippen LogP contribution in [0.1, 0.15) is 22.7 Å². The lowest BCUT2D eigenvalue weighted by Gasteiger charge is -2.21. The summed E-state index contributed by atoms with van der Waals surface area (Å²) in [4.78, 5) is 3.74. The van der Waals surface area contributed by atoms with Gasteiger partial charge < -0.3 is 0 Å². The summed E-state index contributed by atoms with van der Waals surface area (Å²) < 4.78 is 39.2. The second-order valence-electron chi connectivity index (χ2n) is 4.26. The Hall–Kier alpha value is -1.34. The monoisotopic (exact) mass is 335 g/mol. The Labute approximate surface area is 128 Å². The van der Waals surface area contributed by atoms with E-state index in [1.54, 1.807) is 0 Å². The third kappa shape index (κ3) is 3.65. The SMILES string of the molecule is NNC(c1cc(Cl)cc(Cl)c1)c1cnccc1C(F)(F)F.